The largest absolute Gasteiger partial charge is 0.0730 e. The fourth-order valence-electron chi connectivity index (χ4n) is 3.14. The Morgan fingerprint density at radius 3 is 2.38 bits per heavy atom. The molecule has 0 radical (unpaired) electrons. The Morgan fingerprint density at radius 1 is 1.05 bits per heavy atom. The average Bonchev–Trinajstić information content (AvgIpc) is 2.54. The van der Waals surface area contributed by atoms with Crippen LogP contribution in [0.3, 0.4) is 0 Å². The summed E-state index contributed by atoms with van der Waals surface area (Å²) in [7, 11) is 0. The highest BCUT2D eigenvalue weighted by atomic mass is 14.2. The first-order valence-electron chi connectivity index (χ1n) is 8.59. The zero-order valence-corrected chi connectivity index (χ0v) is 13.6. The molecule has 0 amide bonds. The normalized spacial score (nSPS) is 22.0. The SMILES string of the molecule is CCCc1ccc(C#C/C=C/[C@H]2CC[C@H](CC)CC2)cc1. The van der Waals surface area contributed by atoms with Crippen molar-refractivity contribution in [3.63, 3.8) is 0 Å². The number of aryl methyl sites for hydroxylation is 1. The first-order valence-corrected chi connectivity index (χ1v) is 8.59. The van der Waals surface area contributed by atoms with E-state index >= 15 is 0 Å². The van der Waals surface area contributed by atoms with Gasteiger partial charge in [-0.15, -0.1) is 0 Å². The summed E-state index contributed by atoms with van der Waals surface area (Å²) in [4.78, 5) is 0. The van der Waals surface area contributed by atoms with E-state index < -0.39 is 0 Å². The summed E-state index contributed by atoms with van der Waals surface area (Å²) in [5.41, 5.74) is 2.53. The third-order valence-corrected chi connectivity index (χ3v) is 4.63. The van der Waals surface area contributed by atoms with Gasteiger partial charge in [-0.3, -0.25) is 0 Å². The van der Waals surface area contributed by atoms with E-state index in [9.17, 15) is 0 Å². The van der Waals surface area contributed by atoms with Crippen LogP contribution in [0.15, 0.2) is 36.4 Å². The lowest BCUT2D eigenvalue weighted by Crippen LogP contribution is -2.11. The van der Waals surface area contributed by atoms with Gasteiger partial charge in [-0.25, -0.2) is 0 Å². The quantitative estimate of drug-likeness (QED) is 0.615. The van der Waals surface area contributed by atoms with Crippen molar-refractivity contribution < 1.29 is 0 Å². The van der Waals surface area contributed by atoms with Gasteiger partial charge in [0.15, 0.2) is 0 Å². The Hall–Kier alpha value is -1.48. The van der Waals surface area contributed by atoms with Gasteiger partial charge in [0.05, 0.1) is 0 Å². The van der Waals surface area contributed by atoms with Gasteiger partial charge < -0.3 is 0 Å². The second-order valence-electron chi connectivity index (χ2n) is 6.26. The van der Waals surface area contributed by atoms with Crippen LogP contribution >= 0.6 is 0 Å². The maximum absolute atomic E-state index is 3.24. The predicted octanol–water partition coefficient (Wildman–Crippen LogP) is 5.76. The zero-order chi connectivity index (χ0) is 14.9. The van der Waals surface area contributed by atoms with Crippen LogP contribution in [0.1, 0.15) is 63.5 Å². The predicted molar refractivity (Wildman–Crippen MR) is 92.2 cm³/mol. The first-order chi connectivity index (χ1) is 10.3. The maximum Gasteiger partial charge on any atom is 0.0249 e. The van der Waals surface area contributed by atoms with E-state index in [0.29, 0.717) is 0 Å². The minimum atomic E-state index is 0.758. The average molecular weight is 280 g/mol. The number of benzene rings is 1. The Balaban J connectivity index is 1.81. The second-order valence-corrected chi connectivity index (χ2v) is 6.26. The molecule has 0 aromatic heterocycles. The van der Waals surface area contributed by atoms with Gasteiger partial charge in [0, 0.05) is 5.56 Å². The molecule has 0 saturated heterocycles. The monoisotopic (exact) mass is 280 g/mol. The second kappa shape index (κ2) is 8.73. The molecule has 2 rings (SSSR count). The zero-order valence-electron chi connectivity index (χ0n) is 13.6. The minimum Gasteiger partial charge on any atom is -0.0730 e. The number of allylic oxidation sites excluding steroid dienone is 2. The molecule has 0 heteroatoms. The molecule has 0 nitrogen and oxygen atoms in total. The van der Waals surface area contributed by atoms with Crippen molar-refractivity contribution in [2.75, 3.05) is 0 Å². The molecule has 1 aromatic rings. The van der Waals surface area contributed by atoms with Gasteiger partial charge in [0.2, 0.25) is 0 Å². The summed E-state index contributed by atoms with van der Waals surface area (Å²) in [5.74, 6) is 8.16. The van der Waals surface area contributed by atoms with E-state index in [1.807, 2.05) is 0 Å². The van der Waals surface area contributed by atoms with Crippen molar-refractivity contribution in [3.8, 4) is 11.8 Å². The van der Waals surface area contributed by atoms with Crippen LogP contribution in [-0.2, 0) is 6.42 Å². The standard InChI is InChI=1S/C21H28/c1-3-7-19-14-16-21(17-15-19)9-6-5-8-20-12-10-18(4-2)11-13-20/h5,8,14-18,20H,3-4,7,10-13H2,1-2H3/b8-5+/t18-,20-. The van der Waals surface area contributed by atoms with E-state index in [2.05, 4.69) is 62.1 Å². The van der Waals surface area contributed by atoms with E-state index in [-0.39, 0.29) is 0 Å². The minimum absolute atomic E-state index is 0.758. The molecule has 0 aliphatic heterocycles. The van der Waals surface area contributed by atoms with Crippen molar-refractivity contribution in [2.24, 2.45) is 11.8 Å². The number of hydrogen-bond donors (Lipinski definition) is 0. The summed E-state index contributed by atoms with van der Waals surface area (Å²) >= 11 is 0. The fraction of sp³-hybridized carbons (Fsp3) is 0.524. The molecule has 1 saturated carbocycles. The first kappa shape index (κ1) is 15.9. The van der Waals surface area contributed by atoms with E-state index in [4.69, 9.17) is 0 Å². The van der Waals surface area contributed by atoms with Crippen LogP contribution in [0.5, 0.6) is 0 Å². The maximum atomic E-state index is 3.24. The highest BCUT2D eigenvalue weighted by Crippen LogP contribution is 2.31. The summed E-state index contributed by atoms with van der Waals surface area (Å²) in [6, 6.07) is 8.67. The molecule has 1 aliphatic carbocycles. The molecule has 21 heavy (non-hydrogen) atoms. The number of hydrogen-bond acceptors (Lipinski definition) is 0. The van der Waals surface area contributed by atoms with Gasteiger partial charge in [0.25, 0.3) is 0 Å². The third kappa shape index (κ3) is 5.43. The van der Waals surface area contributed by atoms with Crippen LogP contribution in [0, 0.1) is 23.7 Å². The van der Waals surface area contributed by atoms with E-state index in [0.717, 1.165) is 23.8 Å². The van der Waals surface area contributed by atoms with Crippen LogP contribution in [0.25, 0.3) is 0 Å². The van der Waals surface area contributed by atoms with Gasteiger partial charge >= 0.3 is 0 Å². The Labute approximate surface area is 130 Å². The molecule has 0 unspecified atom stereocenters. The van der Waals surface area contributed by atoms with Gasteiger partial charge in [-0.05, 0) is 67.7 Å². The topological polar surface area (TPSA) is 0 Å². The van der Waals surface area contributed by atoms with Crippen LogP contribution < -0.4 is 0 Å². The summed E-state index contributed by atoms with van der Waals surface area (Å²) in [6.45, 7) is 4.53. The van der Waals surface area contributed by atoms with Gasteiger partial charge in [0.1, 0.15) is 0 Å². The Morgan fingerprint density at radius 2 is 1.76 bits per heavy atom. The molecule has 0 atom stereocenters. The summed E-state index contributed by atoms with van der Waals surface area (Å²) < 4.78 is 0. The molecule has 0 N–H and O–H groups in total. The molecule has 0 spiro atoms. The fourth-order valence-corrected chi connectivity index (χ4v) is 3.14. The molecule has 0 heterocycles. The van der Waals surface area contributed by atoms with Crippen molar-refractivity contribution in [2.45, 2.75) is 58.8 Å². The van der Waals surface area contributed by atoms with Crippen LogP contribution in [0.4, 0.5) is 0 Å². The summed E-state index contributed by atoms with van der Waals surface area (Å²) in [6.07, 6.45) is 13.6. The summed E-state index contributed by atoms with van der Waals surface area (Å²) in [5, 5.41) is 0. The third-order valence-electron chi connectivity index (χ3n) is 4.63. The van der Waals surface area contributed by atoms with E-state index in [1.165, 1.54) is 44.1 Å². The lowest BCUT2D eigenvalue weighted by molar-refractivity contribution is 0.304. The van der Waals surface area contributed by atoms with Crippen molar-refractivity contribution >= 4 is 0 Å². The van der Waals surface area contributed by atoms with Gasteiger partial charge in [-0.2, -0.15) is 0 Å². The number of rotatable bonds is 4. The van der Waals surface area contributed by atoms with Crippen molar-refractivity contribution in [1.82, 2.24) is 0 Å². The smallest absolute Gasteiger partial charge is 0.0249 e. The Bertz CT molecular complexity index is 487. The molecule has 1 aliphatic rings. The molecule has 0 bridgehead atoms. The lowest BCUT2D eigenvalue weighted by atomic mass is 9.81. The van der Waals surface area contributed by atoms with Crippen LogP contribution in [0.2, 0.25) is 0 Å². The molecular formula is C21H28. The van der Waals surface area contributed by atoms with E-state index in [1.54, 1.807) is 0 Å². The highest BCUT2D eigenvalue weighted by Gasteiger charge is 2.17. The van der Waals surface area contributed by atoms with Crippen molar-refractivity contribution in [3.05, 3.63) is 47.5 Å². The molecule has 112 valence electrons. The molecule has 1 aromatic carbocycles. The van der Waals surface area contributed by atoms with Gasteiger partial charge in [-0.1, -0.05) is 56.7 Å². The molecule has 1 fully saturated rings. The van der Waals surface area contributed by atoms with Crippen LogP contribution in [-0.4, -0.2) is 0 Å². The lowest BCUT2D eigenvalue weighted by Gasteiger charge is -2.25. The van der Waals surface area contributed by atoms with Crippen molar-refractivity contribution in [1.29, 1.82) is 0 Å². The highest BCUT2D eigenvalue weighted by molar-refractivity contribution is 5.38. The molecular weight excluding hydrogens is 252 g/mol. The Kier molecular flexibility index (Phi) is 6.61.